The summed E-state index contributed by atoms with van der Waals surface area (Å²) >= 11 is 11.1. The van der Waals surface area contributed by atoms with Crippen LogP contribution in [0.25, 0.3) is 0 Å². The van der Waals surface area contributed by atoms with E-state index in [4.69, 9.17) is 23.2 Å². The van der Waals surface area contributed by atoms with Crippen molar-refractivity contribution in [3.8, 4) is 0 Å². The number of rotatable bonds is 4. The maximum atomic E-state index is 5.69. The molecule has 0 aromatic carbocycles. The second-order valence-electron chi connectivity index (χ2n) is 2.37. The first-order chi connectivity index (χ1) is 4.66. The molecule has 0 saturated heterocycles. The fourth-order valence-electron chi connectivity index (χ4n) is 0.507. The van der Waals surface area contributed by atoms with Crippen LogP contribution in [-0.2, 0) is 0 Å². The molecule has 1 N–H and O–H groups in total. The Morgan fingerprint density at radius 2 is 2.30 bits per heavy atom. The summed E-state index contributed by atoms with van der Waals surface area (Å²) in [6.07, 6.45) is 0. The monoisotopic (exact) mass is 181 g/mol. The molecule has 0 aliphatic heterocycles. The van der Waals surface area contributed by atoms with Crippen LogP contribution in [-0.4, -0.2) is 18.5 Å². The lowest BCUT2D eigenvalue weighted by molar-refractivity contribution is 0.719. The molecule has 3 heteroatoms. The molecule has 0 aromatic rings. The van der Waals surface area contributed by atoms with Gasteiger partial charge in [-0.25, -0.2) is 0 Å². The molecule has 0 aromatic heterocycles. The third-order valence-corrected chi connectivity index (χ3v) is 1.54. The van der Waals surface area contributed by atoms with Gasteiger partial charge < -0.3 is 5.32 Å². The third-order valence-electron chi connectivity index (χ3n) is 1.02. The van der Waals surface area contributed by atoms with E-state index in [1.54, 1.807) is 5.54 Å². The minimum atomic E-state index is 0.183. The van der Waals surface area contributed by atoms with Gasteiger partial charge in [-0.15, -0.1) is 11.6 Å². The van der Waals surface area contributed by atoms with Crippen molar-refractivity contribution < 1.29 is 0 Å². The molecule has 10 heavy (non-hydrogen) atoms. The van der Waals surface area contributed by atoms with Gasteiger partial charge in [0.2, 0.25) is 0 Å². The van der Waals surface area contributed by atoms with E-state index in [0.29, 0.717) is 0 Å². The molecule has 0 fully saturated rings. The van der Waals surface area contributed by atoms with Gasteiger partial charge in [0.15, 0.2) is 0 Å². The van der Waals surface area contributed by atoms with Gasteiger partial charge >= 0.3 is 0 Å². The fraction of sp³-hybridized carbons (Fsp3) is 0.714. The molecule has 1 nitrogen and oxygen atoms in total. The Labute approximate surface area is 72.4 Å². The van der Waals surface area contributed by atoms with Crippen molar-refractivity contribution >= 4 is 23.2 Å². The minimum Gasteiger partial charge on any atom is -0.312 e. The van der Waals surface area contributed by atoms with E-state index >= 15 is 0 Å². The normalized spacial score (nSPS) is 15.4. The van der Waals surface area contributed by atoms with Crippen LogP contribution in [0.15, 0.2) is 11.1 Å². The maximum Gasteiger partial charge on any atom is 0.0432 e. The maximum absolute atomic E-state index is 5.69. The van der Waals surface area contributed by atoms with Crippen LogP contribution in [0.5, 0.6) is 0 Å². The van der Waals surface area contributed by atoms with Gasteiger partial charge in [0.05, 0.1) is 0 Å². The van der Waals surface area contributed by atoms with Gasteiger partial charge in [-0.1, -0.05) is 11.6 Å². The highest BCUT2D eigenvalue weighted by Gasteiger charge is 1.93. The summed E-state index contributed by atoms with van der Waals surface area (Å²) in [5, 5.41) is 3.33. The van der Waals surface area contributed by atoms with Crippen LogP contribution in [0.3, 0.4) is 0 Å². The predicted molar refractivity (Wildman–Crippen MR) is 47.8 cm³/mol. The highest BCUT2D eigenvalue weighted by molar-refractivity contribution is 6.25. The minimum absolute atomic E-state index is 0.183. The average Bonchev–Trinajstić information content (AvgIpc) is 1.87. The summed E-state index contributed by atoms with van der Waals surface area (Å²) in [7, 11) is 0. The van der Waals surface area contributed by atoms with Gasteiger partial charge in [-0.3, -0.25) is 0 Å². The number of nitrogens with one attached hydrogen (secondary N) is 1. The van der Waals surface area contributed by atoms with Crippen LogP contribution in [0.1, 0.15) is 13.8 Å². The third kappa shape index (κ3) is 6.40. The van der Waals surface area contributed by atoms with Crippen molar-refractivity contribution in [1.82, 2.24) is 5.32 Å². The highest BCUT2D eigenvalue weighted by atomic mass is 35.5. The Hall–Kier alpha value is 0.280. The fourth-order valence-corrected chi connectivity index (χ4v) is 0.693. The molecule has 0 spiro atoms. The molecule has 0 saturated carbocycles. The van der Waals surface area contributed by atoms with Crippen LogP contribution in [0.2, 0.25) is 0 Å². The predicted octanol–water partition coefficient (Wildman–Crippen LogP) is 2.35. The van der Waals surface area contributed by atoms with Crippen molar-refractivity contribution in [2.75, 3.05) is 13.1 Å². The molecule has 1 unspecified atom stereocenters. The van der Waals surface area contributed by atoms with Crippen LogP contribution >= 0.6 is 23.2 Å². The smallest absolute Gasteiger partial charge is 0.0432 e. The molecular formula is C7H13Cl2N. The molecule has 0 radical (unpaired) electrons. The standard InChI is InChI=1S/C7H13Cl2N/c1-6(3-8)4-10-5-7(2)9/h3,7,10H,4-5H2,1-2H3. The Bertz CT molecular complexity index is 110. The van der Waals surface area contributed by atoms with Crippen molar-refractivity contribution in [3.05, 3.63) is 11.1 Å². The van der Waals surface area contributed by atoms with Crippen LogP contribution in [0, 0.1) is 0 Å². The van der Waals surface area contributed by atoms with E-state index in [1.807, 2.05) is 13.8 Å². The zero-order chi connectivity index (χ0) is 7.98. The molecule has 0 aliphatic carbocycles. The topological polar surface area (TPSA) is 12.0 Å². The van der Waals surface area contributed by atoms with Crippen molar-refractivity contribution in [2.24, 2.45) is 0 Å². The van der Waals surface area contributed by atoms with Gasteiger partial charge in [0.25, 0.3) is 0 Å². The van der Waals surface area contributed by atoms with E-state index in [0.717, 1.165) is 18.7 Å². The molecule has 1 atom stereocenters. The van der Waals surface area contributed by atoms with Crippen molar-refractivity contribution in [1.29, 1.82) is 0 Å². The summed E-state index contributed by atoms with van der Waals surface area (Å²) in [5.74, 6) is 0. The molecule has 0 bridgehead atoms. The molecule has 60 valence electrons. The lowest BCUT2D eigenvalue weighted by Crippen LogP contribution is -2.22. The summed E-state index contributed by atoms with van der Waals surface area (Å²) in [6.45, 7) is 5.57. The molecule has 0 heterocycles. The highest BCUT2D eigenvalue weighted by Crippen LogP contribution is 1.94. The van der Waals surface area contributed by atoms with Gasteiger partial charge in [0, 0.05) is 24.0 Å². The lowest BCUT2D eigenvalue weighted by Gasteiger charge is -2.04. The quantitative estimate of drug-likeness (QED) is 0.658. The zero-order valence-electron chi connectivity index (χ0n) is 6.32. The van der Waals surface area contributed by atoms with E-state index in [1.165, 1.54) is 0 Å². The largest absolute Gasteiger partial charge is 0.312 e. The molecule has 0 amide bonds. The summed E-state index contributed by atoms with van der Waals surface area (Å²) in [6, 6.07) is 0. The number of halogens is 2. The molecule has 0 aliphatic rings. The SMILES string of the molecule is CC(=CCl)CNCC(C)Cl. The van der Waals surface area contributed by atoms with Crippen molar-refractivity contribution in [3.63, 3.8) is 0 Å². The Balaban J connectivity index is 3.20. The van der Waals surface area contributed by atoms with Crippen molar-refractivity contribution in [2.45, 2.75) is 19.2 Å². The number of hydrogen-bond acceptors (Lipinski definition) is 1. The van der Waals surface area contributed by atoms with Crippen LogP contribution < -0.4 is 5.32 Å². The second kappa shape index (κ2) is 6.02. The van der Waals surface area contributed by atoms with Gasteiger partial charge in [-0.05, 0) is 19.4 Å². The molecular weight excluding hydrogens is 169 g/mol. The Morgan fingerprint density at radius 1 is 1.70 bits per heavy atom. The first-order valence-electron chi connectivity index (χ1n) is 3.27. The van der Waals surface area contributed by atoms with Gasteiger partial charge in [0.1, 0.15) is 0 Å². The zero-order valence-corrected chi connectivity index (χ0v) is 7.84. The van der Waals surface area contributed by atoms with E-state index in [-0.39, 0.29) is 5.38 Å². The number of hydrogen-bond donors (Lipinski definition) is 1. The van der Waals surface area contributed by atoms with E-state index < -0.39 is 0 Å². The number of alkyl halides is 1. The first kappa shape index (κ1) is 10.3. The summed E-state index contributed by atoms with van der Waals surface area (Å²) < 4.78 is 0. The average molecular weight is 182 g/mol. The second-order valence-corrected chi connectivity index (χ2v) is 3.33. The summed E-state index contributed by atoms with van der Waals surface area (Å²) in [4.78, 5) is 0. The first-order valence-corrected chi connectivity index (χ1v) is 4.14. The van der Waals surface area contributed by atoms with Crippen LogP contribution in [0.4, 0.5) is 0 Å². The molecule has 0 rings (SSSR count). The lowest BCUT2D eigenvalue weighted by atomic mass is 10.3. The van der Waals surface area contributed by atoms with E-state index in [9.17, 15) is 0 Å². The Kier molecular flexibility index (Phi) is 6.19. The van der Waals surface area contributed by atoms with E-state index in [2.05, 4.69) is 5.32 Å². The Morgan fingerprint density at radius 3 is 2.70 bits per heavy atom. The summed E-state index contributed by atoms with van der Waals surface area (Å²) in [5.41, 5.74) is 2.70. The van der Waals surface area contributed by atoms with Gasteiger partial charge in [-0.2, -0.15) is 0 Å².